The van der Waals surface area contributed by atoms with Crippen LogP contribution in [-0.4, -0.2) is 12.6 Å². The van der Waals surface area contributed by atoms with Crippen LogP contribution in [0, 0.1) is 0 Å². The molecule has 0 bridgehead atoms. The second-order valence-corrected chi connectivity index (χ2v) is 4.91. The standard InChI is InChI=1S/C13H23NOS/c1-3-5-6-8-15-13(12(14)4-2)11-7-9-16-10-11/h7,9-10,12-13H,3-6,8,14H2,1-2H3. The second kappa shape index (κ2) is 7.82. The maximum Gasteiger partial charge on any atom is 0.0983 e. The monoisotopic (exact) mass is 241 g/mol. The molecule has 0 aliphatic rings. The number of nitrogens with two attached hydrogens (primary N) is 1. The van der Waals surface area contributed by atoms with E-state index in [9.17, 15) is 0 Å². The average Bonchev–Trinajstić information content (AvgIpc) is 2.82. The van der Waals surface area contributed by atoms with Gasteiger partial charge in [-0.15, -0.1) is 0 Å². The highest BCUT2D eigenvalue weighted by Gasteiger charge is 2.19. The molecule has 0 aliphatic heterocycles. The first kappa shape index (κ1) is 13.7. The van der Waals surface area contributed by atoms with Gasteiger partial charge in [0, 0.05) is 12.6 Å². The highest BCUT2D eigenvalue weighted by Crippen LogP contribution is 2.24. The molecule has 0 saturated heterocycles. The topological polar surface area (TPSA) is 35.2 Å². The molecule has 0 aromatic carbocycles. The van der Waals surface area contributed by atoms with E-state index in [2.05, 4.69) is 30.7 Å². The number of thiophene rings is 1. The highest BCUT2D eigenvalue weighted by molar-refractivity contribution is 7.07. The molecule has 1 aromatic heterocycles. The average molecular weight is 241 g/mol. The molecule has 2 atom stereocenters. The van der Waals surface area contributed by atoms with Crippen LogP contribution in [-0.2, 0) is 4.74 Å². The Morgan fingerprint density at radius 3 is 2.75 bits per heavy atom. The molecule has 0 spiro atoms. The van der Waals surface area contributed by atoms with Crippen LogP contribution in [0.5, 0.6) is 0 Å². The summed E-state index contributed by atoms with van der Waals surface area (Å²) in [7, 11) is 0. The van der Waals surface area contributed by atoms with Gasteiger partial charge in [-0.25, -0.2) is 0 Å². The molecule has 0 amide bonds. The minimum atomic E-state index is 0.0770. The van der Waals surface area contributed by atoms with Gasteiger partial charge in [0.05, 0.1) is 6.10 Å². The van der Waals surface area contributed by atoms with Crippen molar-refractivity contribution in [2.45, 2.75) is 51.7 Å². The minimum absolute atomic E-state index is 0.0770. The number of hydrogen-bond acceptors (Lipinski definition) is 3. The van der Waals surface area contributed by atoms with Crippen LogP contribution in [0.4, 0.5) is 0 Å². The summed E-state index contributed by atoms with van der Waals surface area (Å²) in [6, 6.07) is 2.22. The highest BCUT2D eigenvalue weighted by atomic mass is 32.1. The van der Waals surface area contributed by atoms with Crippen molar-refractivity contribution in [2.75, 3.05) is 6.61 Å². The zero-order chi connectivity index (χ0) is 11.8. The molecule has 0 saturated carbocycles. The van der Waals surface area contributed by atoms with Gasteiger partial charge in [-0.05, 0) is 35.2 Å². The van der Waals surface area contributed by atoms with E-state index in [-0.39, 0.29) is 12.1 Å². The molecular formula is C13H23NOS. The molecule has 1 aromatic rings. The van der Waals surface area contributed by atoms with Crippen molar-refractivity contribution in [3.05, 3.63) is 22.4 Å². The van der Waals surface area contributed by atoms with Crippen molar-refractivity contribution in [2.24, 2.45) is 5.73 Å². The Morgan fingerprint density at radius 2 is 2.19 bits per heavy atom. The lowest BCUT2D eigenvalue weighted by atomic mass is 10.0. The zero-order valence-corrected chi connectivity index (χ0v) is 11.1. The van der Waals surface area contributed by atoms with Gasteiger partial charge < -0.3 is 10.5 Å². The number of hydrogen-bond donors (Lipinski definition) is 1. The van der Waals surface area contributed by atoms with Crippen molar-refractivity contribution in [3.8, 4) is 0 Å². The summed E-state index contributed by atoms with van der Waals surface area (Å²) >= 11 is 1.70. The predicted molar refractivity (Wildman–Crippen MR) is 70.8 cm³/mol. The van der Waals surface area contributed by atoms with Gasteiger partial charge in [-0.1, -0.05) is 26.7 Å². The van der Waals surface area contributed by atoms with Crippen molar-refractivity contribution in [1.29, 1.82) is 0 Å². The number of rotatable bonds is 8. The number of unbranched alkanes of at least 4 members (excludes halogenated alkanes) is 2. The lowest BCUT2D eigenvalue weighted by molar-refractivity contribution is 0.0315. The smallest absolute Gasteiger partial charge is 0.0983 e. The van der Waals surface area contributed by atoms with Gasteiger partial charge in [0.15, 0.2) is 0 Å². The van der Waals surface area contributed by atoms with E-state index in [4.69, 9.17) is 10.5 Å². The summed E-state index contributed by atoms with van der Waals surface area (Å²) < 4.78 is 5.92. The first-order valence-corrected chi connectivity index (χ1v) is 7.13. The van der Waals surface area contributed by atoms with Crippen LogP contribution in [0.2, 0.25) is 0 Å². The van der Waals surface area contributed by atoms with Gasteiger partial charge in [0.25, 0.3) is 0 Å². The van der Waals surface area contributed by atoms with Crippen molar-refractivity contribution < 1.29 is 4.74 Å². The first-order chi connectivity index (χ1) is 7.79. The van der Waals surface area contributed by atoms with Crippen LogP contribution in [0.15, 0.2) is 16.8 Å². The van der Waals surface area contributed by atoms with Gasteiger partial charge in [0.2, 0.25) is 0 Å². The zero-order valence-electron chi connectivity index (χ0n) is 10.3. The molecule has 0 aliphatic carbocycles. The maximum absolute atomic E-state index is 6.10. The second-order valence-electron chi connectivity index (χ2n) is 4.13. The van der Waals surface area contributed by atoms with Crippen molar-refractivity contribution in [1.82, 2.24) is 0 Å². The maximum atomic E-state index is 6.10. The lowest BCUT2D eigenvalue weighted by Gasteiger charge is -2.22. The van der Waals surface area contributed by atoms with Gasteiger partial charge in [0.1, 0.15) is 0 Å². The van der Waals surface area contributed by atoms with E-state index < -0.39 is 0 Å². The van der Waals surface area contributed by atoms with Gasteiger partial charge >= 0.3 is 0 Å². The van der Waals surface area contributed by atoms with Gasteiger partial charge in [-0.2, -0.15) is 11.3 Å². The third-order valence-corrected chi connectivity index (χ3v) is 3.48. The van der Waals surface area contributed by atoms with Gasteiger partial charge in [-0.3, -0.25) is 0 Å². The van der Waals surface area contributed by atoms with Crippen LogP contribution >= 0.6 is 11.3 Å². The van der Waals surface area contributed by atoms with E-state index in [0.29, 0.717) is 0 Å². The fraction of sp³-hybridized carbons (Fsp3) is 0.692. The molecular weight excluding hydrogens is 218 g/mol. The SMILES string of the molecule is CCCCCOC(c1ccsc1)C(N)CC. The third-order valence-electron chi connectivity index (χ3n) is 2.78. The fourth-order valence-corrected chi connectivity index (χ4v) is 2.36. The Balaban J connectivity index is 2.45. The Kier molecular flexibility index (Phi) is 6.69. The minimum Gasteiger partial charge on any atom is -0.372 e. The van der Waals surface area contributed by atoms with Crippen molar-refractivity contribution in [3.63, 3.8) is 0 Å². The largest absolute Gasteiger partial charge is 0.372 e. The van der Waals surface area contributed by atoms with Crippen molar-refractivity contribution >= 4 is 11.3 Å². The predicted octanol–water partition coefficient (Wildman–Crippen LogP) is 3.73. The lowest BCUT2D eigenvalue weighted by Crippen LogP contribution is -2.29. The molecule has 2 unspecified atom stereocenters. The van der Waals surface area contributed by atoms with E-state index in [1.807, 2.05) is 0 Å². The molecule has 0 radical (unpaired) electrons. The third kappa shape index (κ3) is 4.24. The quantitative estimate of drug-likeness (QED) is 0.704. The van der Waals surface area contributed by atoms with Crippen LogP contribution < -0.4 is 5.73 Å². The Hall–Kier alpha value is -0.380. The summed E-state index contributed by atoms with van der Waals surface area (Å²) in [6.07, 6.45) is 4.62. The summed E-state index contributed by atoms with van der Waals surface area (Å²) in [5.74, 6) is 0. The molecule has 2 N–H and O–H groups in total. The Morgan fingerprint density at radius 1 is 1.38 bits per heavy atom. The van der Waals surface area contributed by atoms with E-state index in [1.165, 1.54) is 18.4 Å². The van der Waals surface area contributed by atoms with E-state index in [1.54, 1.807) is 11.3 Å². The molecule has 3 heteroatoms. The fourth-order valence-electron chi connectivity index (χ4n) is 1.68. The summed E-state index contributed by atoms with van der Waals surface area (Å²) in [5.41, 5.74) is 7.34. The Labute approximate surface area is 103 Å². The molecule has 1 heterocycles. The van der Waals surface area contributed by atoms with Crippen LogP contribution in [0.25, 0.3) is 0 Å². The summed E-state index contributed by atoms with van der Waals surface area (Å²) in [6.45, 7) is 5.13. The molecule has 16 heavy (non-hydrogen) atoms. The summed E-state index contributed by atoms with van der Waals surface area (Å²) in [4.78, 5) is 0. The molecule has 1 rings (SSSR count). The molecule has 2 nitrogen and oxygen atoms in total. The molecule has 92 valence electrons. The van der Waals surface area contributed by atoms with Crippen LogP contribution in [0.3, 0.4) is 0 Å². The van der Waals surface area contributed by atoms with E-state index in [0.717, 1.165) is 19.4 Å². The first-order valence-electron chi connectivity index (χ1n) is 6.18. The molecule has 0 fully saturated rings. The Bertz CT molecular complexity index is 261. The van der Waals surface area contributed by atoms with Crippen LogP contribution in [0.1, 0.15) is 51.2 Å². The summed E-state index contributed by atoms with van der Waals surface area (Å²) in [5, 5.41) is 4.22. The normalized spacial score (nSPS) is 14.9. The van der Waals surface area contributed by atoms with E-state index >= 15 is 0 Å². The number of ether oxygens (including phenoxy) is 1.